The van der Waals surface area contributed by atoms with Crippen molar-refractivity contribution in [3.05, 3.63) is 57.9 Å². The maximum absolute atomic E-state index is 13.7. The van der Waals surface area contributed by atoms with Crippen molar-refractivity contribution in [3.63, 3.8) is 0 Å². The molecular weight excluding hydrogens is 249 g/mol. The van der Waals surface area contributed by atoms with Gasteiger partial charge in [-0.3, -0.25) is 0 Å². The fraction of sp³-hybridized carbons (Fsp3) is 0.200. The SMILES string of the molecule is Cc1cc(-c2ccc(CN)c(F)c2)c(C)cc1Cl. The van der Waals surface area contributed by atoms with E-state index in [4.69, 9.17) is 17.3 Å². The van der Waals surface area contributed by atoms with Gasteiger partial charge in [0, 0.05) is 17.1 Å². The van der Waals surface area contributed by atoms with E-state index in [1.165, 1.54) is 6.07 Å². The molecule has 0 saturated heterocycles. The number of aryl methyl sites for hydroxylation is 2. The van der Waals surface area contributed by atoms with Gasteiger partial charge in [0.25, 0.3) is 0 Å². The lowest BCUT2D eigenvalue weighted by Crippen LogP contribution is -1.99. The maximum Gasteiger partial charge on any atom is 0.128 e. The Morgan fingerprint density at radius 1 is 1.11 bits per heavy atom. The first-order valence-corrected chi connectivity index (χ1v) is 6.16. The van der Waals surface area contributed by atoms with Crippen LogP contribution in [-0.4, -0.2) is 0 Å². The summed E-state index contributed by atoms with van der Waals surface area (Å²) in [5.74, 6) is -0.262. The Hall–Kier alpha value is -1.38. The zero-order valence-corrected chi connectivity index (χ0v) is 11.2. The highest BCUT2D eigenvalue weighted by molar-refractivity contribution is 6.31. The summed E-state index contributed by atoms with van der Waals surface area (Å²) in [7, 11) is 0. The predicted molar refractivity (Wildman–Crippen MR) is 74.2 cm³/mol. The van der Waals surface area contributed by atoms with Crippen molar-refractivity contribution in [2.24, 2.45) is 5.73 Å². The standard InChI is InChI=1S/C15H15ClFN/c1-9-6-14(16)10(2)5-13(9)11-3-4-12(8-18)15(17)7-11/h3-7H,8,18H2,1-2H3. The first-order valence-electron chi connectivity index (χ1n) is 5.78. The van der Waals surface area contributed by atoms with Crippen LogP contribution in [0, 0.1) is 19.7 Å². The van der Waals surface area contributed by atoms with E-state index in [9.17, 15) is 4.39 Å². The van der Waals surface area contributed by atoms with Crippen LogP contribution in [0.3, 0.4) is 0 Å². The summed E-state index contributed by atoms with van der Waals surface area (Å²) in [6.07, 6.45) is 0. The normalized spacial score (nSPS) is 10.7. The van der Waals surface area contributed by atoms with Crippen molar-refractivity contribution in [1.29, 1.82) is 0 Å². The summed E-state index contributed by atoms with van der Waals surface area (Å²) >= 11 is 6.06. The molecular formula is C15H15ClFN. The van der Waals surface area contributed by atoms with Crippen LogP contribution in [0.25, 0.3) is 11.1 Å². The van der Waals surface area contributed by atoms with E-state index >= 15 is 0 Å². The molecule has 0 spiro atoms. The van der Waals surface area contributed by atoms with E-state index in [0.717, 1.165) is 27.3 Å². The average molecular weight is 264 g/mol. The van der Waals surface area contributed by atoms with Crippen LogP contribution in [0.4, 0.5) is 4.39 Å². The maximum atomic E-state index is 13.7. The molecule has 0 aliphatic heterocycles. The minimum Gasteiger partial charge on any atom is -0.326 e. The number of hydrogen-bond acceptors (Lipinski definition) is 1. The van der Waals surface area contributed by atoms with Crippen molar-refractivity contribution in [2.45, 2.75) is 20.4 Å². The number of hydrogen-bond donors (Lipinski definition) is 1. The summed E-state index contributed by atoms with van der Waals surface area (Å²) in [5, 5.41) is 0.732. The Kier molecular flexibility index (Phi) is 3.69. The van der Waals surface area contributed by atoms with Gasteiger partial charge < -0.3 is 5.73 Å². The summed E-state index contributed by atoms with van der Waals surface area (Å²) in [6, 6.07) is 9.03. The van der Waals surface area contributed by atoms with E-state index in [2.05, 4.69) is 0 Å². The zero-order chi connectivity index (χ0) is 13.3. The molecule has 0 amide bonds. The molecule has 2 aromatic carbocycles. The van der Waals surface area contributed by atoms with Crippen LogP contribution in [0.1, 0.15) is 16.7 Å². The summed E-state index contributed by atoms with van der Waals surface area (Å²) < 4.78 is 13.7. The Bertz CT molecular complexity index is 593. The van der Waals surface area contributed by atoms with Crippen molar-refractivity contribution in [1.82, 2.24) is 0 Å². The molecule has 2 N–H and O–H groups in total. The van der Waals surface area contributed by atoms with Gasteiger partial charge in [0.05, 0.1) is 0 Å². The number of rotatable bonds is 2. The van der Waals surface area contributed by atoms with Gasteiger partial charge in [0.2, 0.25) is 0 Å². The molecule has 94 valence electrons. The molecule has 0 bridgehead atoms. The Balaban J connectivity index is 2.55. The van der Waals surface area contributed by atoms with E-state index in [0.29, 0.717) is 5.56 Å². The molecule has 0 saturated carbocycles. The highest BCUT2D eigenvalue weighted by atomic mass is 35.5. The van der Waals surface area contributed by atoms with Gasteiger partial charge in [-0.05, 0) is 54.3 Å². The summed E-state index contributed by atoms with van der Waals surface area (Å²) in [4.78, 5) is 0. The van der Waals surface area contributed by atoms with E-state index < -0.39 is 0 Å². The summed E-state index contributed by atoms with van der Waals surface area (Å²) in [6.45, 7) is 4.12. The molecule has 2 rings (SSSR count). The monoisotopic (exact) mass is 263 g/mol. The molecule has 0 unspecified atom stereocenters. The lowest BCUT2D eigenvalue weighted by atomic mass is 9.97. The molecule has 0 atom stereocenters. The van der Waals surface area contributed by atoms with Gasteiger partial charge >= 0.3 is 0 Å². The average Bonchev–Trinajstić information content (AvgIpc) is 2.33. The molecule has 0 aromatic heterocycles. The largest absolute Gasteiger partial charge is 0.326 e. The Morgan fingerprint density at radius 3 is 2.44 bits per heavy atom. The number of halogens is 2. The fourth-order valence-corrected chi connectivity index (χ4v) is 2.19. The van der Waals surface area contributed by atoms with Crippen molar-refractivity contribution in [3.8, 4) is 11.1 Å². The van der Waals surface area contributed by atoms with Crippen LogP contribution < -0.4 is 5.73 Å². The predicted octanol–water partition coefficient (Wildman–Crippen LogP) is 4.22. The lowest BCUT2D eigenvalue weighted by molar-refractivity contribution is 0.611. The molecule has 1 nitrogen and oxygen atoms in total. The summed E-state index contributed by atoms with van der Waals surface area (Å²) in [5.41, 5.74) is 9.85. The smallest absolute Gasteiger partial charge is 0.128 e. The van der Waals surface area contributed by atoms with Crippen molar-refractivity contribution in [2.75, 3.05) is 0 Å². The van der Waals surface area contributed by atoms with Gasteiger partial charge in [-0.1, -0.05) is 23.7 Å². The molecule has 0 aliphatic rings. The van der Waals surface area contributed by atoms with Gasteiger partial charge in [-0.25, -0.2) is 4.39 Å². The van der Waals surface area contributed by atoms with E-state index in [-0.39, 0.29) is 12.4 Å². The molecule has 0 fully saturated rings. The van der Waals surface area contributed by atoms with Crippen LogP contribution >= 0.6 is 11.6 Å². The highest BCUT2D eigenvalue weighted by Crippen LogP contribution is 2.29. The van der Waals surface area contributed by atoms with Crippen LogP contribution in [0.5, 0.6) is 0 Å². The van der Waals surface area contributed by atoms with Crippen molar-refractivity contribution < 1.29 is 4.39 Å². The van der Waals surface area contributed by atoms with E-state index in [1.807, 2.05) is 32.0 Å². The fourth-order valence-electron chi connectivity index (χ4n) is 1.97. The second-order valence-corrected chi connectivity index (χ2v) is 4.83. The highest BCUT2D eigenvalue weighted by Gasteiger charge is 2.08. The Labute approximate surface area is 111 Å². The third kappa shape index (κ3) is 2.40. The minimum absolute atomic E-state index is 0.213. The van der Waals surface area contributed by atoms with Gasteiger partial charge in [-0.2, -0.15) is 0 Å². The number of benzene rings is 2. The molecule has 2 aromatic rings. The quantitative estimate of drug-likeness (QED) is 0.862. The van der Waals surface area contributed by atoms with Crippen LogP contribution in [0.2, 0.25) is 5.02 Å². The van der Waals surface area contributed by atoms with Gasteiger partial charge in [0.15, 0.2) is 0 Å². The zero-order valence-electron chi connectivity index (χ0n) is 10.4. The lowest BCUT2D eigenvalue weighted by Gasteiger charge is -2.10. The molecule has 3 heteroatoms. The molecule has 0 heterocycles. The van der Waals surface area contributed by atoms with Gasteiger partial charge in [0.1, 0.15) is 5.82 Å². The second kappa shape index (κ2) is 5.09. The second-order valence-electron chi connectivity index (χ2n) is 4.43. The minimum atomic E-state index is -0.262. The molecule has 0 aliphatic carbocycles. The first-order chi connectivity index (χ1) is 8.52. The van der Waals surface area contributed by atoms with E-state index in [1.54, 1.807) is 6.07 Å². The van der Waals surface area contributed by atoms with Gasteiger partial charge in [-0.15, -0.1) is 0 Å². The first kappa shape index (κ1) is 13.1. The topological polar surface area (TPSA) is 26.0 Å². The number of nitrogens with two attached hydrogens (primary N) is 1. The molecule has 18 heavy (non-hydrogen) atoms. The Morgan fingerprint density at radius 2 is 1.83 bits per heavy atom. The third-order valence-corrected chi connectivity index (χ3v) is 3.50. The van der Waals surface area contributed by atoms with Crippen LogP contribution in [0.15, 0.2) is 30.3 Å². The third-order valence-electron chi connectivity index (χ3n) is 3.09. The van der Waals surface area contributed by atoms with Crippen molar-refractivity contribution >= 4 is 11.6 Å². The molecule has 0 radical (unpaired) electrons. The van der Waals surface area contributed by atoms with Crippen LogP contribution in [-0.2, 0) is 6.54 Å².